The Morgan fingerprint density at radius 3 is 2.56 bits per heavy atom. The summed E-state index contributed by atoms with van der Waals surface area (Å²) < 4.78 is 12.7. The van der Waals surface area contributed by atoms with Crippen LogP contribution in [0.25, 0.3) is 5.57 Å². The van der Waals surface area contributed by atoms with Gasteiger partial charge in [0, 0.05) is 11.0 Å². The summed E-state index contributed by atoms with van der Waals surface area (Å²) in [5.74, 6) is 1.84. The molecule has 4 heteroatoms. The van der Waals surface area contributed by atoms with Gasteiger partial charge >= 0.3 is 0 Å². The smallest absolute Gasteiger partial charge is 0.119 e. The Morgan fingerprint density at radius 1 is 1.04 bits per heavy atom. The van der Waals surface area contributed by atoms with Crippen LogP contribution in [0.2, 0.25) is 0 Å². The lowest BCUT2D eigenvalue weighted by molar-refractivity contribution is 0.223. The molecule has 2 aromatic carbocycles. The number of ether oxygens (including phenoxy) is 2. The topological polar surface area (TPSA) is 30.5 Å². The Morgan fingerprint density at radius 2 is 1.84 bits per heavy atom. The molecule has 1 N–H and O–H groups in total. The van der Waals surface area contributed by atoms with Crippen LogP contribution in [0, 0.1) is 0 Å². The van der Waals surface area contributed by atoms with E-state index >= 15 is 0 Å². The van der Waals surface area contributed by atoms with Crippen molar-refractivity contribution in [1.29, 1.82) is 0 Å². The second kappa shape index (κ2) is 7.22. The van der Waals surface area contributed by atoms with Crippen molar-refractivity contribution >= 4 is 21.5 Å². The van der Waals surface area contributed by atoms with Crippen LogP contribution in [-0.4, -0.2) is 26.3 Å². The Bertz CT molecular complexity index is 792. The average Bonchev–Trinajstić information content (AvgIpc) is 3.15. The fourth-order valence-corrected chi connectivity index (χ4v) is 4.22. The van der Waals surface area contributed by atoms with Gasteiger partial charge in [0.25, 0.3) is 0 Å². The van der Waals surface area contributed by atoms with Gasteiger partial charge < -0.3 is 14.8 Å². The summed E-state index contributed by atoms with van der Waals surface area (Å²) >= 11 is 3.80. The van der Waals surface area contributed by atoms with Gasteiger partial charge in [-0.15, -0.1) is 0 Å². The van der Waals surface area contributed by atoms with E-state index in [0.717, 1.165) is 43.9 Å². The van der Waals surface area contributed by atoms with Crippen molar-refractivity contribution < 1.29 is 9.47 Å². The molecule has 25 heavy (non-hydrogen) atoms. The molecule has 4 rings (SSSR count). The molecule has 0 saturated carbocycles. The minimum absolute atomic E-state index is 0.288. The first kappa shape index (κ1) is 16.7. The lowest BCUT2D eigenvalue weighted by atomic mass is 9.87. The predicted octanol–water partition coefficient (Wildman–Crippen LogP) is 4.54. The van der Waals surface area contributed by atoms with Crippen molar-refractivity contribution in [1.82, 2.24) is 5.32 Å². The molecule has 1 atom stereocenters. The number of methoxy groups -OCH3 is 1. The number of benzene rings is 2. The zero-order chi connectivity index (χ0) is 17.2. The van der Waals surface area contributed by atoms with Gasteiger partial charge in [0.05, 0.1) is 7.11 Å². The standard InChI is InChI=1S/C21H22BrNO2/c1-24-17-8-2-14-5-9-20(22)21(19(14)12-17)15-3-6-16(7-4-15)25-18-10-11-23-13-18/h2-4,6-8,12,18,23H,5,9-11,13H2,1H3. The van der Waals surface area contributed by atoms with Crippen LogP contribution in [0.3, 0.4) is 0 Å². The van der Waals surface area contributed by atoms with E-state index in [1.165, 1.54) is 26.7 Å². The normalized spacial score (nSPS) is 19.7. The third-order valence-electron chi connectivity index (χ3n) is 4.93. The van der Waals surface area contributed by atoms with Gasteiger partial charge in [0.2, 0.25) is 0 Å². The highest BCUT2D eigenvalue weighted by Crippen LogP contribution is 2.40. The molecule has 2 aromatic rings. The molecule has 0 radical (unpaired) electrons. The third kappa shape index (κ3) is 3.46. The Hall–Kier alpha value is -1.78. The highest BCUT2D eigenvalue weighted by atomic mass is 79.9. The fourth-order valence-electron chi connectivity index (χ4n) is 3.58. The monoisotopic (exact) mass is 399 g/mol. The van der Waals surface area contributed by atoms with Crippen molar-refractivity contribution in [2.45, 2.75) is 25.4 Å². The van der Waals surface area contributed by atoms with Crippen LogP contribution in [-0.2, 0) is 6.42 Å². The van der Waals surface area contributed by atoms with E-state index in [2.05, 4.69) is 57.6 Å². The number of rotatable bonds is 4. The van der Waals surface area contributed by atoms with Crippen LogP contribution in [0.15, 0.2) is 46.9 Å². The molecule has 0 spiro atoms. The number of hydrogen-bond donors (Lipinski definition) is 1. The summed E-state index contributed by atoms with van der Waals surface area (Å²) in [5, 5.41) is 3.33. The van der Waals surface area contributed by atoms with Crippen molar-refractivity contribution in [3.05, 3.63) is 63.6 Å². The molecule has 1 unspecified atom stereocenters. The van der Waals surface area contributed by atoms with Crippen LogP contribution in [0.5, 0.6) is 11.5 Å². The Balaban J connectivity index is 1.64. The minimum Gasteiger partial charge on any atom is -0.497 e. The summed E-state index contributed by atoms with van der Waals surface area (Å²) in [6.07, 6.45) is 3.45. The molecule has 1 heterocycles. The zero-order valence-electron chi connectivity index (χ0n) is 14.3. The first-order valence-electron chi connectivity index (χ1n) is 8.78. The van der Waals surface area contributed by atoms with Gasteiger partial charge in [-0.3, -0.25) is 0 Å². The van der Waals surface area contributed by atoms with E-state index in [0.29, 0.717) is 0 Å². The summed E-state index contributed by atoms with van der Waals surface area (Å²) in [6.45, 7) is 1.98. The van der Waals surface area contributed by atoms with Crippen molar-refractivity contribution in [3.8, 4) is 11.5 Å². The summed E-state index contributed by atoms with van der Waals surface area (Å²) in [4.78, 5) is 0. The van der Waals surface area contributed by atoms with Gasteiger partial charge in [0.15, 0.2) is 0 Å². The second-order valence-electron chi connectivity index (χ2n) is 6.56. The van der Waals surface area contributed by atoms with Gasteiger partial charge in [-0.2, -0.15) is 0 Å². The molecule has 3 nitrogen and oxygen atoms in total. The van der Waals surface area contributed by atoms with Crippen LogP contribution in [0.4, 0.5) is 0 Å². The molecule has 1 aliphatic heterocycles. The second-order valence-corrected chi connectivity index (χ2v) is 7.52. The van der Waals surface area contributed by atoms with E-state index in [-0.39, 0.29) is 6.10 Å². The molecule has 1 fully saturated rings. The van der Waals surface area contributed by atoms with Crippen molar-refractivity contribution in [2.75, 3.05) is 20.2 Å². The fraction of sp³-hybridized carbons (Fsp3) is 0.333. The quantitative estimate of drug-likeness (QED) is 0.818. The number of allylic oxidation sites excluding steroid dienone is 1. The predicted molar refractivity (Wildman–Crippen MR) is 105 cm³/mol. The molecule has 1 aliphatic carbocycles. The van der Waals surface area contributed by atoms with Gasteiger partial charge in [-0.25, -0.2) is 0 Å². The lowest BCUT2D eigenvalue weighted by Crippen LogP contribution is -2.19. The number of nitrogens with one attached hydrogen (secondary N) is 1. The third-order valence-corrected chi connectivity index (χ3v) is 5.73. The molecule has 2 aliphatic rings. The Kier molecular flexibility index (Phi) is 4.82. The van der Waals surface area contributed by atoms with Gasteiger partial charge in [-0.05, 0) is 72.3 Å². The maximum Gasteiger partial charge on any atom is 0.119 e. The molecular formula is C21H22BrNO2. The maximum absolute atomic E-state index is 6.04. The molecule has 130 valence electrons. The van der Waals surface area contributed by atoms with Crippen LogP contribution in [0.1, 0.15) is 29.5 Å². The molecule has 1 saturated heterocycles. The molecule has 0 amide bonds. The van der Waals surface area contributed by atoms with Gasteiger partial charge in [-0.1, -0.05) is 34.1 Å². The number of aryl methyl sites for hydroxylation is 1. The Labute approximate surface area is 157 Å². The largest absolute Gasteiger partial charge is 0.497 e. The van der Waals surface area contributed by atoms with E-state index < -0.39 is 0 Å². The minimum atomic E-state index is 0.288. The van der Waals surface area contributed by atoms with E-state index in [1.807, 2.05) is 6.07 Å². The van der Waals surface area contributed by atoms with E-state index in [1.54, 1.807) is 7.11 Å². The van der Waals surface area contributed by atoms with Crippen LogP contribution < -0.4 is 14.8 Å². The van der Waals surface area contributed by atoms with E-state index in [4.69, 9.17) is 9.47 Å². The number of halogens is 1. The molecule has 0 bridgehead atoms. The first-order chi connectivity index (χ1) is 12.2. The SMILES string of the molecule is COc1ccc2c(c1)C(c1ccc(OC3CCNC3)cc1)=C(Br)CC2. The summed E-state index contributed by atoms with van der Waals surface area (Å²) in [5.41, 5.74) is 5.09. The molecule has 0 aromatic heterocycles. The maximum atomic E-state index is 6.04. The van der Waals surface area contributed by atoms with Crippen molar-refractivity contribution in [2.24, 2.45) is 0 Å². The van der Waals surface area contributed by atoms with Gasteiger partial charge in [0.1, 0.15) is 17.6 Å². The zero-order valence-corrected chi connectivity index (χ0v) is 15.9. The summed E-state index contributed by atoms with van der Waals surface area (Å²) in [6, 6.07) is 14.8. The first-order valence-corrected chi connectivity index (χ1v) is 9.57. The molecular weight excluding hydrogens is 378 g/mol. The number of fused-ring (bicyclic) bond motifs is 1. The van der Waals surface area contributed by atoms with Crippen LogP contribution >= 0.6 is 15.9 Å². The van der Waals surface area contributed by atoms with E-state index in [9.17, 15) is 0 Å². The highest BCUT2D eigenvalue weighted by Gasteiger charge is 2.20. The van der Waals surface area contributed by atoms with Crippen molar-refractivity contribution in [3.63, 3.8) is 0 Å². The summed E-state index contributed by atoms with van der Waals surface area (Å²) in [7, 11) is 1.72. The average molecular weight is 400 g/mol. The highest BCUT2D eigenvalue weighted by molar-refractivity contribution is 9.11. The number of hydrogen-bond acceptors (Lipinski definition) is 3. The lowest BCUT2D eigenvalue weighted by Gasteiger charge is -2.22.